The first-order valence-electron chi connectivity index (χ1n) is 9.01. The predicted octanol–water partition coefficient (Wildman–Crippen LogP) is 5.62. The molecule has 0 aliphatic rings. The molecular formula is C19H29N3S. The van der Waals surface area contributed by atoms with Gasteiger partial charge < -0.3 is 5.43 Å². The minimum absolute atomic E-state index is 0.879. The van der Waals surface area contributed by atoms with Crippen LogP contribution in [0.25, 0.3) is 11.0 Å². The summed E-state index contributed by atoms with van der Waals surface area (Å²) in [4.78, 5) is 4.52. The normalized spacial score (nSPS) is 11.0. The quantitative estimate of drug-likeness (QED) is 0.452. The van der Waals surface area contributed by atoms with Crippen LogP contribution in [0.1, 0.15) is 64.4 Å². The van der Waals surface area contributed by atoms with E-state index in [2.05, 4.69) is 36.4 Å². The molecule has 1 N–H and O–H groups in total. The molecule has 0 fully saturated rings. The number of aromatic nitrogens is 2. The summed E-state index contributed by atoms with van der Waals surface area (Å²) in [7, 11) is 0. The van der Waals surface area contributed by atoms with E-state index in [0.29, 0.717) is 0 Å². The molecule has 0 aromatic carbocycles. The maximum atomic E-state index is 5.68. The number of pyridine rings is 2. The van der Waals surface area contributed by atoms with Gasteiger partial charge in [0.2, 0.25) is 0 Å². The van der Waals surface area contributed by atoms with Crippen molar-refractivity contribution in [3.8, 4) is 0 Å². The second kappa shape index (κ2) is 9.66. The number of nitrogens with zero attached hydrogens (tertiary/aromatic N) is 2. The van der Waals surface area contributed by atoms with Gasteiger partial charge in [-0.1, -0.05) is 64.6 Å². The summed E-state index contributed by atoms with van der Waals surface area (Å²) in [6, 6.07) is 6.29. The smallest absolute Gasteiger partial charge is 0.159 e. The molecule has 0 radical (unpaired) electrons. The van der Waals surface area contributed by atoms with E-state index in [0.717, 1.165) is 35.1 Å². The van der Waals surface area contributed by atoms with Gasteiger partial charge in [-0.25, -0.2) is 9.66 Å². The Morgan fingerprint density at radius 3 is 2.65 bits per heavy atom. The maximum Gasteiger partial charge on any atom is 0.159 e. The van der Waals surface area contributed by atoms with E-state index in [9.17, 15) is 0 Å². The van der Waals surface area contributed by atoms with Gasteiger partial charge in [-0.15, -0.1) is 0 Å². The Kier molecular flexibility index (Phi) is 7.53. The first kappa shape index (κ1) is 17.9. The Hall–Kier alpha value is -1.42. The Morgan fingerprint density at radius 2 is 1.87 bits per heavy atom. The molecule has 3 nitrogen and oxygen atoms in total. The number of aryl methyl sites for hydroxylation is 1. The molecule has 2 heterocycles. The van der Waals surface area contributed by atoms with Gasteiger partial charge in [-0.05, 0) is 36.6 Å². The van der Waals surface area contributed by atoms with E-state index in [1.165, 1.54) is 44.1 Å². The van der Waals surface area contributed by atoms with Crippen LogP contribution in [0, 0.1) is 4.64 Å². The Bertz CT molecular complexity index is 663. The second-order valence-corrected chi connectivity index (χ2v) is 6.54. The molecule has 0 bridgehead atoms. The highest BCUT2D eigenvalue weighted by atomic mass is 32.1. The summed E-state index contributed by atoms with van der Waals surface area (Å²) in [5.41, 5.74) is 5.66. The van der Waals surface area contributed by atoms with Crippen molar-refractivity contribution in [3.63, 3.8) is 0 Å². The van der Waals surface area contributed by atoms with E-state index in [1.54, 1.807) is 0 Å². The summed E-state index contributed by atoms with van der Waals surface area (Å²) in [5.74, 6) is 0. The standard InChI is InChI=1S/C19H29N3S/c1-3-5-6-7-8-9-14-21-22-18-16(12-10-13-20-18)15-17(11-4-2)19(22)23/h10,12-13,15,21H,3-9,11,14H2,1-2H3. The zero-order chi connectivity index (χ0) is 16.5. The van der Waals surface area contributed by atoms with E-state index in [4.69, 9.17) is 12.2 Å². The lowest BCUT2D eigenvalue weighted by Crippen LogP contribution is -2.19. The topological polar surface area (TPSA) is 29.9 Å². The molecule has 0 aliphatic carbocycles. The van der Waals surface area contributed by atoms with Crippen LogP contribution >= 0.6 is 12.2 Å². The van der Waals surface area contributed by atoms with Crippen molar-refractivity contribution in [2.45, 2.75) is 65.2 Å². The van der Waals surface area contributed by atoms with Crippen LogP contribution in [0.2, 0.25) is 0 Å². The van der Waals surface area contributed by atoms with Crippen LogP contribution in [0.5, 0.6) is 0 Å². The Morgan fingerprint density at radius 1 is 1.09 bits per heavy atom. The van der Waals surface area contributed by atoms with Crippen molar-refractivity contribution < 1.29 is 0 Å². The van der Waals surface area contributed by atoms with Gasteiger partial charge >= 0.3 is 0 Å². The minimum atomic E-state index is 0.879. The van der Waals surface area contributed by atoms with Gasteiger partial charge in [0.15, 0.2) is 5.65 Å². The molecule has 126 valence electrons. The highest BCUT2D eigenvalue weighted by Gasteiger charge is 2.06. The fraction of sp³-hybridized carbons (Fsp3) is 0.579. The molecule has 2 rings (SSSR count). The molecule has 0 unspecified atom stereocenters. The largest absolute Gasteiger partial charge is 0.323 e. The van der Waals surface area contributed by atoms with Crippen molar-refractivity contribution in [1.29, 1.82) is 0 Å². The molecule has 0 atom stereocenters. The van der Waals surface area contributed by atoms with Crippen molar-refractivity contribution >= 4 is 23.3 Å². The molecule has 0 aliphatic heterocycles. The van der Waals surface area contributed by atoms with Gasteiger partial charge in [0.1, 0.15) is 4.64 Å². The fourth-order valence-corrected chi connectivity index (χ4v) is 3.20. The average Bonchev–Trinajstić information content (AvgIpc) is 2.57. The lowest BCUT2D eigenvalue weighted by atomic mass is 10.1. The highest BCUT2D eigenvalue weighted by Crippen LogP contribution is 2.16. The summed E-state index contributed by atoms with van der Waals surface area (Å²) in [6.45, 7) is 5.39. The number of rotatable bonds is 10. The van der Waals surface area contributed by atoms with Gasteiger partial charge in [-0.2, -0.15) is 0 Å². The molecule has 4 heteroatoms. The Balaban J connectivity index is 2.06. The summed E-state index contributed by atoms with van der Waals surface area (Å²) < 4.78 is 2.89. The number of hydrogen-bond donors (Lipinski definition) is 1. The lowest BCUT2D eigenvalue weighted by Gasteiger charge is -2.15. The van der Waals surface area contributed by atoms with Gasteiger partial charge in [0.25, 0.3) is 0 Å². The summed E-state index contributed by atoms with van der Waals surface area (Å²) >= 11 is 5.68. The number of hydrogen-bond acceptors (Lipinski definition) is 3. The number of nitrogens with one attached hydrogen (secondary N) is 1. The monoisotopic (exact) mass is 331 g/mol. The fourth-order valence-electron chi connectivity index (χ4n) is 2.89. The number of fused-ring (bicyclic) bond motifs is 1. The van der Waals surface area contributed by atoms with E-state index < -0.39 is 0 Å². The van der Waals surface area contributed by atoms with Crippen molar-refractivity contribution in [2.75, 3.05) is 12.0 Å². The third-order valence-electron chi connectivity index (χ3n) is 4.16. The third kappa shape index (κ3) is 5.03. The second-order valence-electron chi connectivity index (χ2n) is 6.15. The SMILES string of the molecule is CCCCCCCCNn1c(=S)c(CCC)cc2cccnc21. The van der Waals surface area contributed by atoms with Crippen LogP contribution in [0.4, 0.5) is 0 Å². The molecule has 0 spiro atoms. The van der Waals surface area contributed by atoms with Crippen molar-refractivity contribution in [2.24, 2.45) is 0 Å². The molecule has 2 aromatic rings. The lowest BCUT2D eigenvalue weighted by molar-refractivity contribution is 0.607. The molecule has 0 amide bonds. The predicted molar refractivity (Wildman–Crippen MR) is 102 cm³/mol. The van der Waals surface area contributed by atoms with Crippen molar-refractivity contribution in [3.05, 3.63) is 34.6 Å². The van der Waals surface area contributed by atoms with Gasteiger partial charge in [-0.3, -0.25) is 0 Å². The average molecular weight is 332 g/mol. The van der Waals surface area contributed by atoms with E-state index in [-0.39, 0.29) is 0 Å². The van der Waals surface area contributed by atoms with Crippen LogP contribution < -0.4 is 5.43 Å². The van der Waals surface area contributed by atoms with Crippen LogP contribution in [0.15, 0.2) is 24.4 Å². The number of unbranched alkanes of at least 4 members (excludes halogenated alkanes) is 5. The molecule has 0 saturated carbocycles. The zero-order valence-electron chi connectivity index (χ0n) is 14.5. The van der Waals surface area contributed by atoms with Crippen LogP contribution in [0.3, 0.4) is 0 Å². The first-order chi connectivity index (χ1) is 11.3. The molecule has 2 aromatic heterocycles. The zero-order valence-corrected chi connectivity index (χ0v) is 15.3. The van der Waals surface area contributed by atoms with Crippen LogP contribution in [-0.4, -0.2) is 16.2 Å². The van der Waals surface area contributed by atoms with Crippen molar-refractivity contribution in [1.82, 2.24) is 9.66 Å². The maximum absolute atomic E-state index is 5.68. The van der Waals surface area contributed by atoms with E-state index >= 15 is 0 Å². The molecular weight excluding hydrogens is 302 g/mol. The minimum Gasteiger partial charge on any atom is -0.323 e. The molecule has 23 heavy (non-hydrogen) atoms. The van der Waals surface area contributed by atoms with Crippen LogP contribution in [-0.2, 0) is 6.42 Å². The van der Waals surface area contributed by atoms with Gasteiger partial charge in [0, 0.05) is 18.1 Å². The Labute approximate surface area is 145 Å². The summed E-state index contributed by atoms with van der Waals surface area (Å²) in [6.07, 6.45) is 11.7. The first-order valence-corrected chi connectivity index (χ1v) is 9.42. The van der Waals surface area contributed by atoms with E-state index in [1.807, 2.05) is 16.9 Å². The van der Waals surface area contributed by atoms with Gasteiger partial charge in [0.05, 0.1) is 0 Å². The summed E-state index contributed by atoms with van der Waals surface area (Å²) in [5, 5.41) is 1.15. The third-order valence-corrected chi connectivity index (χ3v) is 4.60. The highest BCUT2D eigenvalue weighted by molar-refractivity contribution is 7.71. The molecule has 0 saturated heterocycles.